The molecule has 1 aliphatic rings. The first-order valence-electron chi connectivity index (χ1n) is 4.83. The van der Waals surface area contributed by atoms with E-state index in [0.29, 0.717) is 0 Å². The van der Waals surface area contributed by atoms with Gasteiger partial charge in [-0.1, -0.05) is 19.1 Å². The quantitative estimate of drug-likeness (QED) is 0.739. The lowest BCUT2D eigenvalue weighted by atomic mass is 10.2. The van der Waals surface area contributed by atoms with E-state index in [9.17, 15) is 0 Å². The average Bonchev–Trinajstić information content (AvgIpc) is 2.66. The van der Waals surface area contributed by atoms with Crippen molar-refractivity contribution >= 4 is 16.9 Å². The third-order valence-electron chi connectivity index (χ3n) is 2.21. The Morgan fingerprint density at radius 3 is 3.07 bits per heavy atom. The molecular weight excluding hydrogens is 192 g/mol. The van der Waals surface area contributed by atoms with Gasteiger partial charge < -0.3 is 4.90 Å². The molecule has 0 N–H and O–H groups in total. The van der Waals surface area contributed by atoms with Crippen molar-refractivity contribution in [1.82, 2.24) is 9.88 Å². The van der Waals surface area contributed by atoms with Gasteiger partial charge in [0.25, 0.3) is 0 Å². The van der Waals surface area contributed by atoms with Gasteiger partial charge in [0.05, 0.1) is 5.69 Å². The zero-order chi connectivity index (χ0) is 9.97. The summed E-state index contributed by atoms with van der Waals surface area (Å²) in [4.78, 5) is 6.73. The van der Waals surface area contributed by atoms with Crippen LogP contribution >= 0.6 is 11.3 Å². The van der Waals surface area contributed by atoms with Crippen LogP contribution in [0.15, 0.2) is 23.7 Å². The zero-order valence-corrected chi connectivity index (χ0v) is 9.34. The van der Waals surface area contributed by atoms with E-state index in [1.54, 1.807) is 11.3 Å². The molecule has 1 aromatic rings. The van der Waals surface area contributed by atoms with E-state index in [-0.39, 0.29) is 0 Å². The van der Waals surface area contributed by atoms with Crippen molar-refractivity contribution in [2.45, 2.75) is 13.3 Å². The topological polar surface area (TPSA) is 16.1 Å². The average molecular weight is 206 g/mol. The first-order valence-corrected chi connectivity index (χ1v) is 5.71. The molecule has 0 atom stereocenters. The van der Waals surface area contributed by atoms with Crippen molar-refractivity contribution in [2.24, 2.45) is 0 Å². The van der Waals surface area contributed by atoms with Crippen LogP contribution in [0.1, 0.15) is 17.6 Å². The summed E-state index contributed by atoms with van der Waals surface area (Å²) in [5.74, 6) is 0. The van der Waals surface area contributed by atoms with Gasteiger partial charge in [0.2, 0.25) is 0 Å². The Bertz CT molecular complexity index is 376. The Labute approximate surface area is 88.6 Å². The van der Waals surface area contributed by atoms with Crippen LogP contribution in [0.5, 0.6) is 0 Å². The third-order valence-corrected chi connectivity index (χ3v) is 3.15. The molecular formula is C11H14N2S. The fourth-order valence-corrected chi connectivity index (χ4v) is 2.30. The molecule has 0 bridgehead atoms. The fourth-order valence-electron chi connectivity index (χ4n) is 1.41. The number of hydrogen-bond acceptors (Lipinski definition) is 3. The molecule has 14 heavy (non-hydrogen) atoms. The molecule has 2 rings (SSSR count). The molecule has 1 aromatic heterocycles. The largest absolute Gasteiger partial charge is 0.376 e. The maximum atomic E-state index is 4.56. The molecule has 0 aliphatic carbocycles. The summed E-state index contributed by atoms with van der Waals surface area (Å²) in [5, 5.41) is 3.27. The summed E-state index contributed by atoms with van der Waals surface area (Å²) >= 11 is 1.73. The van der Waals surface area contributed by atoms with Crippen LogP contribution in [0.2, 0.25) is 0 Å². The molecule has 1 aliphatic heterocycles. The molecule has 0 amide bonds. The Morgan fingerprint density at radius 1 is 1.57 bits per heavy atom. The van der Waals surface area contributed by atoms with Crippen LogP contribution < -0.4 is 0 Å². The molecule has 3 heteroatoms. The standard InChI is InChI=1S/C11H14N2S/c1-3-10-8-14-11(12-10)9-5-4-6-13(2)7-9/h4-5,7-8H,3,6H2,1-2H3. The monoisotopic (exact) mass is 206 g/mol. The van der Waals surface area contributed by atoms with Crippen LogP contribution in [-0.4, -0.2) is 23.5 Å². The van der Waals surface area contributed by atoms with E-state index in [1.165, 1.54) is 11.3 Å². The molecule has 0 saturated carbocycles. The zero-order valence-electron chi connectivity index (χ0n) is 8.53. The maximum Gasteiger partial charge on any atom is 0.125 e. The number of aryl methyl sites for hydroxylation is 1. The van der Waals surface area contributed by atoms with E-state index >= 15 is 0 Å². The summed E-state index contributed by atoms with van der Waals surface area (Å²) in [6.45, 7) is 3.13. The fraction of sp³-hybridized carbons (Fsp3) is 0.364. The van der Waals surface area contributed by atoms with E-state index in [1.807, 2.05) is 0 Å². The van der Waals surface area contributed by atoms with Crippen LogP contribution in [0.4, 0.5) is 0 Å². The lowest BCUT2D eigenvalue weighted by Gasteiger charge is -2.16. The summed E-state index contributed by atoms with van der Waals surface area (Å²) in [7, 11) is 2.08. The second-order valence-corrected chi connectivity index (χ2v) is 4.28. The molecule has 74 valence electrons. The minimum absolute atomic E-state index is 0.996. The van der Waals surface area contributed by atoms with Gasteiger partial charge in [0.1, 0.15) is 5.01 Å². The van der Waals surface area contributed by atoms with Gasteiger partial charge >= 0.3 is 0 Å². The lowest BCUT2D eigenvalue weighted by molar-refractivity contribution is 0.507. The molecule has 0 saturated heterocycles. The Balaban J connectivity index is 2.26. The summed E-state index contributed by atoms with van der Waals surface area (Å²) in [6, 6.07) is 0. The first-order chi connectivity index (χ1) is 6.79. The predicted molar refractivity (Wildman–Crippen MR) is 61.2 cm³/mol. The van der Waals surface area contributed by atoms with E-state index in [2.05, 4.69) is 47.6 Å². The Morgan fingerprint density at radius 2 is 2.43 bits per heavy atom. The summed E-state index contributed by atoms with van der Waals surface area (Å²) < 4.78 is 0. The molecule has 0 spiro atoms. The summed E-state index contributed by atoms with van der Waals surface area (Å²) in [6.07, 6.45) is 7.49. The number of thiazole rings is 1. The molecule has 0 aromatic carbocycles. The molecule has 0 fully saturated rings. The van der Waals surface area contributed by atoms with Gasteiger partial charge in [0.15, 0.2) is 0 Å². The number of likely N-dealkylation sites (N-methyl/N-ethyl adjacent to an activating group) is 1. The maximum absolute atomic E-state index is 4.56. The first kappa shape index (κ1) is 9.46. The third kappa shape index (κ3) is 1.87. The van der Waals surface area contributed by atoms with Gasteiger partial charge in [-0.2, -0.15) is 0 Å². The van der Waals surface area contributed by atoms with Crippen LogP contribution in [0, 0.1) is 0 Å². The van der Waals surface area contributed by atoms with Gasteiger partial charge in [0, 0.05) is 30.7 Å². The van der Waals surface area contributed by atoms with Gasteiger partial charge in [-0.25, -0.2) is 4.98 Å². The second kappa shape index (κ2) is 3.96. The number of allylic oxidation sites excluding steroid dienone is 2. The van der Waals surface area contributed by atoms with E-state index in [0.717, 1.165) is 18.0 Å². The normalized spacial score (nSPS) is 15.9. The minimum atomic E-state index is 0.996. The second-order valence-electron chi connectivity index (χ2n) is 3.42. The van der Waals surface area contributed by atoms with Crippen LogP contribution in [0.25, 0.3) is 5.57 Å². The summed E-state index contributed by atoms with van der Waals surface area (Å²) in [5.41, 5.74) is 2.41. The highest BCUT2D eigenvalue weighted by molar-refractivity contribution is 7.10. The van der Waals surface area contributed by atoms with Crippen LogP contribution in [-0.2, 0) is 6.42 Å². The predicted octanol–water partition coefficient (Wildman–Crippen LogP) is 2.55. The lowest BCUT2D eigenvalue weighted by Crippen LogP contribution is -2.13. The number of hydrogen-bond donors (Lipinski definition) is 0. The van der Waals surface area contributed by atoms with Gasteiger partial charge in [-0.15, -0.1) is 11.3 Å². The smallest absolute Gasteiger partial charge is 0.125 e. The van der Waals surface area contributed by atoms with Crippen molar-refractivity contribution in [1.29, 1.82) is 0 Å². The highest BCUT2D eigenvalue weighted by Gasteiger charge is 2.07. The van der Waals surface area contributed by atoms with E-state index in [4.69, 9.17) is 0 Å². The molecule has 2 heterocycles. The van der Waals surface area contributed by atoms with Gasteiger partial charge in [-0.3, -0.25) is 0 Å². The van der Waals surface area contributed by atoms with Crippen molar-refractivity contribution in [3.8, 4) is 0 Å². The highest BCUT2D eigenvalue weighted by Crippen LogP contribution is 2.23. The van der Waals surface area contributed by atoms with E-state index < -0.39 is 0 Å². The van der Waals surface area contributed by atoms with Crippen LogP contribution in [0.3, 0.4) is 0 Å². The number of nitrogens with zero attached hydrogens (tertiary/aromatic N) is 2. The van der Waals surface area contributed by atoms with Crippen molar-refractivity contribution in [3.05, 3.63) is 34.4 Å². The Hall–Kier alpha value is -1.09. The highest BCUT2D eigenvalue weighted by atomic mass is 32.1. The van der Waals surface area contributed by atoms with Crippen molar-refractivity contribution in [2.75, 3.05) is 13.6 Å². The molecule has 0 radical (unpaired) electrons. The number of rotatable bonds is 2. The SMILES string of the molecule is CCc1csc(C2=CN(C)CC=C2)n1. The molecule has 0 unspecified atom stereocenters. The Kier molecular flexibility index (Phi) is 2.68. The minimum Gasteiger partial charge on any atom is -0.376 e. The molecule has 2 nitrogen and oxygen atoms in total. The van der Waals surface area contributed by atoms with Crippen molar-refractivity contribution in [3.63, 3.8) is 0 Å². The van der Waals surface area contributed by atoms with Crippen molar-refractivity contribution < 1.29 is 0 Å². The van der Waals surface area contributed by atoms with Gasteiger partial charge in [-0.05, 0) is 6.42 Å². The number of aromatic nitrogens is 1.